The minimum absolute atomic E-state index is 0.359. The molecule has 0 saturated carbocycles. The first-order chi connectivity index (χ1) is 40.6. The third kappa shape index (κ3) is 19.2. The lowest BCUT2D eigenvalue weighted by Gasteiger charge is -2.24. The molecule has 83 heavy (non-hydrogen) atoms. The predicted molar refractivity (Wildman–Crippen MR) is 312 cm³/mol. The van der Waals surface area contributed by atoms with E-state index in [-0.39, 0.29) is 5.97 Å². The van der Waals surface area contributed by atoms with Crippen molar-refractivity contribution in [1.29, 1.82) is 0 Å². The molecule has 424 valence electrons. The van der Waals surface area contributed by atoms with Crippen LogP contribution in [0.1, 0.15) is 31.8 Å². The van der Waals surface area contributed by atoms with Gasteiger partial charge in [0.05, 0.1) is 79.0 Å². The molecule has 0 aliphatic heterocycles. The number of hydrogen-bond donors (Lipinski definition) is 4. The van der Waals surface area contributed by atoms with E-state index in [1.807, 2.05) is 58.3 Å². The number of nitrogens with one attached hydrogen (secondary N) is 2. The summed E-state index contributed by atoms with van der Waals surface area (Å²) in [5.41, 5.74) is 9.54. The Labute approximate surface area is 485 Å². The van der Waals surface area contributed by atoms with Gasteiger partial charge in [-0.05, 0) is 99.9 Å². The molecule has 2 aromatic carbocycles. The molecule has 10 aromatic rings. The van der Waals surface area contributed by atoms with Crippen molar-refractivity contribution in [3.63, 3.8) is 0 Å². The molecular formula is C57H56BrN17O8. The van der Waals surface area contributed by atoms with Crippen LogP contribution in [-0.2, 0) is 17.8 Å². The number of methoxy groups -OCH3 is 5. The molecule has 0 aliphatic rings. The largest absolute Gasteiger partial charge is 0.494 e. The number of carbonyl (C=O) groups excluding carboxylic acids is 2. The van der Waals surface area contributed by atoms with Gasteiger partial charge in [-0.3, -0.25) is 29.9 Å². The highest BCUT2D eigenvalue weighted by atomic mass is 79.9. The van der Waals surface area contributed by atoms with Gasteiger partial charge in [-0.2, -0.15) is 0 Å². The SMILES string of the molecule is COC(=O)c1ccc(CN(c2cnccn2)c2ncccc2OC)cc1.COc1cccnc1Br.COc1cccnc1N(Cc1ccc(C(=O)NO)cc1)c1cnccn1.COc1cccnc1Nc1cnccn1.Nc1cnccn1. The van der Waals surface area contributed by atoms with Gasteiger partial charge in [0.25, 0.3) is 5.91 Å². The Morgan fingerprint density at radius 3 is 1.34 bits per heavy atom. The molecule has 0 unspecified atom stereocenters. The van der Waals surface area contributed by atoms with Crippen LogP contribution in [0.25, 0.3) is 0 Å². The zero-order chi connectivity index (χ0) is 59.0. The molecule has 0 saturated heterocycles. The maximum atomic E-state index is 11.6. The van der Waals surface area contributed by atoms with Crippen LogP contribution in [-0.4, -0.2) is 112 Å². The summed E-state index contributed by atoms with van der Waals surface area (Å²) in [6, 6.07) is 28.6. The molecule has 0 aliphatic carbocycles. The van der Waals surface area contributed by atoms with Gasteiger partial charge in [0, 0.05) is 79.9 Å². The van der Waals surface area contributed by atoms with Gasteiger partial charge >= 0.3 is 5.97 Å². The molecule has 10 rings (SSSR count). The number of benzene rings is 2. The summed E-state index contributed by atoms with van der Waals surface area (Å²) in [6.07, 6.45) is 26.0. The van der Waals surface area contributed by atoms with E-state index in [2.05, 4.69) is 81.1 Å². The third-order valence-electron chi connectivity index (χ3n) is 10.8. The van der Waals surface area contributed by atoms with Gasteiger partial charge in [0.1, 0.15) is 16.2 Å². The number of rotatable bonds is 16. The molecule has 0 fully saturated rings. The topological polar surface area (TPSA) is 312 Å². The highest BCUT2D eigenvalue weighted by molar-refractivity contribution is 9.10. The molecule has 25 nitrogen and oxygen atoms in total. The minimum atomic E-state index is -0.561. The standard InChI is InChI=1S/C19H18N4O3.C18H17N5O3.C10H10N4O.C6H6BrNO.C4H5N3/c1-25-16-4-3-9-22-18(16)23(17-12-20-10-11-21-17)13-14-5-7-15(8-6-14)19(24)26-2;1-26-15-3-2-8-21-17(15)23(16-11-19-9-10-20-16)12-13-4-6-14(7-5-13)18(24)22-25;1-15-8-3-2-4-13-10(8)14-9-7-11-5-6-12-9;1-9-5-3-2-4-8-6(5)7;5-4-3-6-1-2-7-4/h3-12H,13H2,1-2H3;2-11,25H,12H2,1H3,(H,22,24);2-7H,1H3,(H,12,13,14);2-4H,1H3;1-3H,(H2,5,7). The number of hydroxylamine groups is 1. The zero-order valence-electron chi connectivity index (χ0n) is 45.4. The fourth-order valence-corrected chi connectivity index (χ4v) is 7.31. The number of aromatic nitrogens is 12. The van der Waals surface area contributed by atoms with E-state index in [1.54, 1.807) is 175 Å². The van der Waals surface area contributed by atoms with E-state index < -0.39 is 5.91 Å². The fraction of sp³-hybridized carbons (Fsp3) is 0.123. The van der Waals surface area contributed by atoms with Gasteiger partial charge in [0.15, 0.2) is 52.1 Å². The first kappa shape index (κ1) is 61.4. The average Bonchev–Trinajstić information content (AvgIpc) is 3.70. The molecule has 0 atom stereocenters. The summed E-state index contributed by atoms with van der Waals surface area (Å²) >= 11 is 3.22. The van der Waals surface area contributed by atoms with Crippen molar-refractivity contribution in [2.75, 3.05) is 56.4 Å². The van der Waals surface area contributed by atoms with E-state index in [9.17, 15) is 9.59 Å². The number of amides is 1. The molecular weight excluding hydrogens is 1130 g/mol. The summed E-state index contributed by atoms with van der Waals surface area (Å²) in [6.45, 7) is 0.917. The van der Waals surface area contributed by atoms with Crippen LogP contribution < -0.4 is 45.3 Å². The van der Waals surface area contributed by atoms with Crippen LogP contribution >= 0.6 is 15.9 Å². The van der Waals surface area contributed by atoms with Crippen LogP contribution in [0, 0.1) is 0 Å². The zero-order valence-corrected chi connectivity index (χ0v) is 47.0. The van der Waals surface area contributed by atoms with Crippen molar-refractivity contribution in [2.24, 2.45) is 0 Å². The molecule has 8 aromatic heterocycles. The first-order valence-corrected chi connectivity index (χ1v) is 25.3. The van der Waals surface area contributed by atoms with Gasteiger partial charge in [-0.25, -0.2) is 50.1 Å². The second-order valence-corrected chi connectivity index (χ2v) is 16.8. The van der Waals surface area contributed by atoms with Crippen molar-refractivity contribution >= 4 is 68.5 Å². The number of nitrogens with two attached hydrogens (primary N) is 1. The Hall–Kier alpha value is -10.9. The van der Waals surface area contributed by atoms with Crippen molar-refractivity contribution in [1.82, 2.24) is 65.3 Å². The Kier molecular flexibility index (Phi) is 24.8. The highest BCUT2D eigenvalue weighted by Crippen LogP contribution is 2.33. The molecule has 8 heterocycles. The minimum Gasteiger partial charge on any atom is -0.494 e. The van der Waals surface area contributed by atoms with Crippen LogP contribution in [0.15, 0.2) is 201 Å². The lowest BCUT2D eigenvalue weighted by molar-refractivity contribution is 0.0600. The molecule has 0 bridgehead atoms. The summed E-state index contributed by atoms with van der Waals surface area (Å²) in [7, 11) is 7.75. The number of nitrogens with zero attached hydrogens (tertiary/aromatic N) is 14. The quantitative estimate of drug-likeness (QED) is 0.0304. The van der Waals surface area contributed by atoms with Gasteiger partial charge in [-0.15, -0.1) is 0 Å². The number of nitrogen functional groups attached to an aromatic ring is 1. The Morgan fingerprint density at radius 1 is 0.494 bits per heavy atom. The molecule has 26 heteroatoms. The lowest BCUT2D eigenvalue weighted by Crippen LogP contribution is -2.20. The molecule has 0 radical (unpaired) electrons. The Balaban J connectivity index is 0.000000180. The normalized spacial score (nSPS) is 9.87. The predicted octanol–water partition coefficient (Wildman–Crippen LogP) is 8.88. The highest BCUT2D eigenvalue weighted by Gasteiger charge is 2.20. The van der Waals surface area contributed by atoms with Gasteiger partial charge < -0.3 is 44.5 Å². The maximum Gasteiger partial charge on any atom is 0.337 e. The number of halogens is 1. The monoisotopic (exact) mass is 1190 g/mol. The number of carbonyl (C=O) groups is 2. The van der Waals surface area contributed by atoms with Crippen molar-refractivity contribution in [3.05, 3.63) is 223 Å². The maximum absolute atomic E-state index is 11.6. The number of hydrogen-bond acceptors (Lipinski definition) is 24. The van der Waals surface area contributed by atoms with Crippen LogP contribution in [0.4, 0.5) is 40.7 Å². The smallest absolute Gasteiger partial charge is 0.337 e. The third-order valence-corrected chi connectivity index (χ3v) is 11.4. The second-order valence-electron chi connectivity index (χ2n) is 16.1. The number of anilines is 7. The van der Waals surface area contributed by atoms with Crippen LogP contribution in [0.5, 0.6) is 23.0 Å². The number of esters is 1. The fourth-order valence-electron chi connectivity index (χ4n) is 6.90. The number of pyridine rings is 4. The molecule has 5 N–H and O–H groups in total. The van der Waals surface area contributed by atoms with E-state index >= 15 is 0 Å². The van der Waals surface area contributed by atoms with Crippen LogP contribution in [0.2, 0.25) is 0 Å². The van der Waals surface area contributed by atoms with E-state index in [0.29, 0.717) is 82.2 Å². The average molecular weight is 1190 g/mol. The lowest BCUT2D eigenvalue weighted by atomic mass is 10.1. The van der Waals surface area contributed by atoms with Crippen LogP contribution in [0.3, 0.4) is 0 Å². The Bertz CT molecular complexity index is 3360. The molecule has 0 spiro atoms. The van der Waals surface area contributed by atoms with Gasteiger partial charge in [-0.1, -0.05) is 24.3 Å². The van der Waals surface area contributed by atoms with Gasteiger partial charge in [0.2, 0.25) is 0 Å². The second kappa shape index (κ2) is 33.5. The summed E-state index contributed by atoms with van der Waals surface area (Å²) in [5, 5.41) is 11.7. The summed E-state index contributed by atoms with van der Waals surface area (Å²) < 4.78 is 26.4. The Morgan fingerprint density at radius 2 is 0.940 bits per heavy atom. The first-order valence-electron chi connectivity index (χ1n) is 24.5. The summed E-state index contributed by atoms with van der Waals surface area (Å²) in [5.74, 6) is 5.95. The van der Waals surface area contributed by atoms with Crippen molar-refractivity contribution < 1.29 is 38.5 Å². The van der Waals surface area contributed by atoms with E-state index in [0.717, 1.165) is 21.5 Å². The summed E-state index contributed by atoms with van der Waals surface area (Å²) in [4.78, 5) is 76.2. The molecule has 1 amide bonds. The van der Waals surface area contributed by atoms with E-state index in [4.69, 9.17) is 34.6 Å². The number of ether oxygens (including phenoxy) is 5. The van der Waals surface area contributed by atoms with E-state index in [1.165, 1.54) is 13.3 Å². The van der Waals surface area contributed by atoms with Crippen molar-refractivity contribution in [3.8, 4) is 23.0 Å². The van der Waals surface area contributed by atoms with Crippen molar-refractivity contribution in [2.45, 2.75) is 13.1 Å².